The van der Waals surface area contributed by atoms with Crippen molar-refractivity contribution in [2.75, 3.05) is 65.4 Å². The Kier molecular flexibility index (Phi) is 412. The second-order valence-corrected chi connectivity index (χ2v) is 9.60. The molecule has 0 aromatic heterocycles. The molecule has 0 fully saturated rings. The van der Waals surface area contributed by atoms with Gasteiger partial charge >= 0.3 is 296 Å². The molecule has 0 rings (SSSR count). The average Bonchev–Trinajstić information content (AvgIpc) is 3.24. The average molecular weight is 1220 g/mol. The zero-order valence-electron chi connectivity index (χ0n) is 51.0. The minimum absolute atomic E-state index is 0. The van der Waals surface area contributed by atoms with Gasteiger partial charge in [-0.15, -0.1) is 0 Å². The van der Waals surface area contributed by atoms with E-state index in [1.54, 1.807) is 6.92 Å². The molecule has 0 unspecified atom stereocenters. The number of carboxylic acids is 10. The Morgan fingerprint density at radius 1 is 0.234 bits per heavy atom. The minimum Gasteiger partial charge on any atom is -0.550 e. The van der Waals surface area contributed by atoms with E-state index in [0.29, 0.717) is 71.9 Å². The molecule has 0 aliphatic carbocycles. The largest absolute Gasteiger partial charge is 1.00 e. The smallest absolute Gasteiger partial charge is 0.550 e. The summed E-state index contributed by atoms with van der Waals surface area (Å²) in [7, 11) is 0. The van der Waals surface area contributed by atoms with Crippen LogP contribution in [0.4, 0.5) is 0 Å². The summed E-state index contributed by atoms with van der Waals surface area (Å²) in [5, 5.41) is 91.3. The molecule has 0 aromatic rings. The number of nitrogens with two attached hydrogens (primary N) is 10. The van der Waals surface area contributed by atoms with Crippen LogP contribution < -0.4 is 404 Å². The Hall–Kier alpha value is 4.30. The first-order valence-corrected chi connectivity index (χ1v) is 19.5. The van der Waals surface area contributed by atoms with Gasteiger partial charge in [0.25, 0.3) is 0 Å². The van der Waals surface area contributed by atoms with E-state index in [-0.39, 0.29) is 334 Å². The van der Waals surface area contributed by atoms with Crippen LogP contribution in [0, 0.1) is 0 Å². The maximum absolute atomic E-state index is 9.49. The first kappa shape index (κ1) is 165. The summed E-state index contributed by atoms with van der Waals surface area (Å²) in [5.74, 6) is -10.3. The molecular weight excluding hydrogens is 1130 g/mol. The minimum atomic E-state index is -1.08. The van der Waals surface area contributed by atoms with Crippen molar-refractivity contribution < 1.29 is 395 Å². The Bertz CT molecular complexity index is 884. The number of carbonyl (C=O) groups excluding carboxylic acids is 10. The summed E-state index contributed by atoms with van der Waals surface area (Å²) in [6, 6.07) is 0. The fraction of sp³-hybridized carbons (Fsp3) is 0.730. The van der Waals surface area contributed by atoms with Gasteiger partial charge in [-0.3, -0.25) is 0 Å². The van der Waals surface area contributed by atoms with Gasteiger partial charge in [-0.1, -0.05) is 48.0 Å². The van der Waals surface area contributed by atoms with Crippen LogP contribution >= 0.6 is 0 Å². The molecule has 0 aliphatic heterocycles. The van der Waals surface area contributed by atoms with E-state index in [0.717, 1.165) is 27.7 Å². The summed E-state index contributed by atoms with van der Waals surface area (Å²) in [4.78, 5) is 91.3. The predicted octanol–water partition coefficient (Wildman–Crippen LogP) is -45.1. The number of carbonyl (C=O) groups is 10. The Morgan fingerprint density at radius 3 is 0.299 bits per heavy atom. The zero-order chi connectivity index (χ0) is 57.8. The van der Waals surface area contributed by atoms with Gasteiger partial charge in [0, 0.05) is 125 Å². The first-order valence-electron chi connectivity index (χ1n) is 19.5. The van der Waals surface area contributed by atoms with Crippen LogP contribution in [0.2, 0.25) is 0 Å². The van der Waals surface area contributed by atoms with Crippen LogP contribution in [-0.2, 0) is 47.9 Å². The Balaban J connectivity index is -0.0000000162. The topological polar surface area (TPSA) is 661 Å². The fourth-order valence-electron chi connectivity index (χ4n) is 0.204. The van der Waals surface area contributed by atoms with Crippen LogP contribution in [0.3, 0.4) is 0 Å². The predicted molar refractivity (Wildman–Crippen MR) is 230 cm³/mol. The monoisotopic (exact) mass is 1220 g/mol. The van der Waals surface area contributed by atoms with Crippen molar-refractivity contribution in [3.05, 3.63) is 0 Å². The molecule has 20 N–H and O–H groups in total. The zero-order valence-corrected chi connectivity index (χ0v) is 71.0. The third kappa shape index (κ3) is 990. The van der Waals surface area contributed by atoms with Gasteiger partial charge < -0.3 is 156 Å². The van der Waals surface area contributed by atoms with Gasteiger partial charge in [-0.2, -0.15) is 0 Å². The maximum Gasteiger partial charge on any atom is 1.00 e. The van der Waals surface area contributed by atoms with Crippen LogP contribution in [0.25, 0.3) is 0 Å². The summed E-state index contributed by atoms with van der Waals surface area (Å²) >= 11 is 0. The van der Waals surface area contributed by atoms with E-state index in [4.69, 9.17) is 96.9 Å². The van der Waals surface area contributed by atoms with Gasteiger partial charge in [0.1, 0.15) is 0 Å². The molecule has 0 heterocycles. The SMILES string of the molecule is CC(=O)[O-].CC(=O)[O-].CC(=O)[O-].CC(=O)[O-].CCC(=O)[O-].CCC(=O)[O-].CCC(=O)[O-].CCC(=O)[O-].CCC(=O)[O-].CCCC(=O)[O-].NCCN.NCCN.NCCN.NCCN.NCCN.[Na+].[Na+].[Na+].[Na+].[Na+].[Na+].[Na+].[Na+].[Na+].[Na+]. The van der Waals surface area contributed by atoms with Crippen molar-refractivity contribution in [3.63, 3.8) is 0 Å². The molecule has 0 bridgehead atoms. The first-order chi connectivity index (χ1) is 30.6. The van der Waals surface area contributed by atoms with Gasteiger partial charge in [0.05, 0.1) is 0 Å². The summed E-state index contributed by atoms with van der Waals surface area (Å²) in [6.45, 7) is 19.3. The van der Waals surface area contributed by atoms with Crippen LogP contribution in [0.15, 0.2) is 0 Å². The van der Waals surface area contributed by atoms with Crippen LogP contribution in [0.1, 0.15) is 114 Å². The molecule has 40 heteroatoms. The van der Waals surface area contributed by atoms with Crippen LogP contribution in [0.5, 0.6) is 0 Å². The normalized spacial score (nSPS) is 6.29. The van der Waals surface area contributed by atoms with Gasteiger partial charge in [-0.05, 0) is 66.2 Å². The number of hydrogen-bond acceptors (Lipinski definition) is 30. The van der Waals surface area contributed by atoms with Crippen molar-refractivity contribution in [2.45, 2.75) is 114 Å². The van der Waals surface area contributed by atoms with Gasteiger partial charge in [0.2, 0.25) is 0 Å². The Morgan fingerprint density at radius 2 is 0.299 bits per heavy atom. The molecule has 0 saturated heterocycles. The second-order valence-electron chi connectivity index (χ2n) is 9.60. The molecule has 0 saturated carbocycles. The van der Waals surface area contributed by atoms with Crippen LogP contribution in [-0.4, -0.2) is 125 Å². The summed E-state index contributed by atoms with van der Waals surface area (Å²) in [5.41, 5.74) is 49.0. The number of carboxylic acid groups (broad SMARTS) is 10. The third-order valence-corrected chi connectivity index (χ3v) is 2.73. The molecule has 0 aromatic carbocycles. The molecule has 0 amide bonds. The quantitative estimate of drug-likeness (QED) is 0.0811. The molecular formula is C37H84N10Na10O20. The molecule has 0 radical (unpaired) electrons. The third-order valence-electron chi connectivity index (χ3n) is 2.73. The molecule has 77 heavy (non-hydrogen) atoms. The van der Waals surface area contributed by atoms with Gasteiger partial charge in [0.15, 0.2) is 0 Å². The maximum atomic E-state index is 9.49. The van der Waals surface area contributed by atoms with Gasteiger partial charge in [-0.25, -0.2) is 0 Å². The molecule has 30 nitrogen and oxygen atoms in total. The fourth-order valence-corrected chi connectivity index (χ4v) is 0.204. The molecule has 0 spiro atoms. The molecule has 0 atom stereocenters. The van der Waals surface area contributed by atoms with E-state index in [1.807, 2.05) is 0 Å². The van der Waals surface area contributed by atoms with Crippen molar-refractivity contribution in [3.8, 4) is 0 Å². The van der Waals surface area contributed by atoms with Crippen molar-refractivity contribution >= 4 is 59.7 Å². The summed E-state index contributed by atoms with van der Waals surface area (Å²) in [6.07, 6.45) is 1.41. The number of rotatable bonds is 12. The van der Waals surface area contributed by atoms with Crippen molar-refractivity contribution in [2.24, 2.45) is 57.3 Å². The molecule has 412 valence electrons. The van der Waals surface area contributed by atoms with E-state index in [9.17, 15) is 59.4 Å². The summed E-state index contributed by atoms with van der Waals surface area (Å²) < 4.78 is 0. The van der Waals surface area contributed by atoms with Crippen molar-refractivity contribution in [1.82, 2.24) is 0 Å². The Labute approximate surface area is 679 Å². The molecule has 0 aliphatic rings. The second kappa shape index (κ2) is 192. The standard InChI is InChI=1S/C4H8O2.5C3H6O2.5C2H8N2.4C2H4O2.10Na/c1-2-3-4(5)6;5*1-2-3(4)5;5*3-1-2-4;4*1-2(3)4;;;;;;;;;;/h2-3H2,1H3,(H,5,6);5*2H2,1H3,(H,4,5);5*1-4H2;4*1H3,(H,3,4);;;;;;;;;;/q;;;;;;;;;;;;;;;10*+1/p-10. The van der Waals surface area contributed by atoms with E-state index in [2.05, 4.69) is 0 Å². The van der Waals surface area contributed by atoms with Crippen molar-refractivity contribution in [1.29, 1.82) is 0 Å². The van der Waals surface area contributed by atoms with E-state index < -0.39 is 59.7 Å². The van der Waals surface area contributed by atoms with E-state index >= 15 is 0 Å². The number of hydrogen-bond donors (Lipinski definition) is 10. The number of aliphatic carboxylic acids is 10. The van der Waals surface area contributed by atoms with E-state index in [1.165, 1.54) is 34.6 Å².